The summed E-state index contributed by atoms with van der Waals surface area (Å²) in [6.45, 7) is 3.75. The van der Waals surface area contributed by atoms with Crippen LogP contribution in [0, 0.1) is 31.6 Å². The van der Waals surface area contributed by atoms with Crippen molar-refractivity contribution in [2.45, 2.75) is 57.8 Å². The van der Waals surface area contributed by atoms with Crippen molar-refractivity contribution in [3.05, 3.63) is 59.2 Å². The van der Waals surface area contributed by atoms with Gasteiger partial charge in [-0.05, 0) is 116 Å². The van der Waals surface area contributed by atoms with Crippen molar-refractivity contribution in [1.82, 2.24) is 0 Å². The van der Waals surface area contributed by atoms with Gasteiger partial charge in [-0.15, -0.1) is 0 Å². The molecule has 2 aromatic carbocycles. The Balaban J connectivity index is 1.34. The summed E-state index contributed by atoms with van der Waals surface area (Å²) in [6.07, 6.45) is 9.16. The molecule has 1 N–H and O–H groups in total. The minimum absolute atomic E-state index is 0.248. The van der Waals surface area contributed by atoms with Crippen LogP contribution in [0.25, 0.3) is 0 Å². The van der Waals surface area contributed by atoms with Crippen LogP contribution in [0.3, 0.4) is 0 Å². The van der Waals surface area contributed by atoms with E-state index in [1.165, 1.54) is 48.4 Å². The van der Waals surface area contributed by atoms with Crippen LogP contribution in [0.15, 0.2) is 42.5 Å². The first-order valence-electron chi connectivity index (χ1n) is 12.1. The number of nitrogens with zero attached hydrogens (tertiary/aromatic N) is 1. The van der Waals surface area contributed by atoms with E-state index in [4.69, 9.17) is 0 Å². The Morgan fingerprint density at radius 1 is 0.939 bits per heavy atom. The molecule has 0 atom stereocenters. The van der Waals surface area contributed by atoms with Crippen LogP contribution >= 0.6 is 0 Å². The van der Waals surface area contributed by atoms with E-state index in [9.17, 15) is 13.2 Å². The van der Waals surface area contributed by atoms with E-state index in [1.807, 2.05) is 44.2 Å². The van der Waals surface area contributed by atoms with Gasteiger partial charge in [0.2, 0.25) is 15.9 Å². The van der Waals surface area contributed by atoms with E-state index in [0.717, 1.165) is 35.1 Å². The Hall–Kier alpha value is -2.34. The highest BCUT2D eigenvalue weighted by Gasteiger charge is 2.51. The number of rotatable bonds is 6. The molecule has 4 fully saturated rings. The molecule has 5 nitrogen and oxygen atoms in total. The lowest BCUT2D eigenvalue weighted by molar-refractivity contribution is -0.114. The summed E-state index contributed by atoms with van der Waals surface area (Å²) in [4.78, 5) is 12.7. The predicted octanol–water partition coefficient (Wildman–Crippen LogP) is 5.18. The van der Waals surface area contributed by atoms with Crippen LogP contribution in [0.2, 0.25) is 0 Å². The van der Waals surface area contributed by atoms with Crippen molar-refractivity contribution in [3.63, 3.8) is 0 Å². The molecule has 0 saturated heterocycles. The molecule has 0 radical (unpaired) electrons. The highest BCUT2D eigenvalue weighted by atomic mass is 32.2. The first kappa shape index (κ1) is 22.5. The lowest BCUT2D eigenvalue weighted by Crippen LogP contribution is -2.48. The average Bonchev–Trinajstić information content (AvgIpc) is 2.73. The van der Waals surface area contributed by atoms with Gasteiger partial charge in [-0.25, -0.2) is 8.42 Å². The molecule has 0 aliphatic heterocycles. The third-order valence-electron chi connectivity index (χ3n) is 8.28. The van der Waals surface area contributed by atoms with Gasteiger partial charge in [-0.2, -0.15) is 0 Å². The number of anilines is 2. The lowest BCUT2D eigenvalue weighted by Gasteiger charge is -2.57. The third kappa shape index (κ3) is 4.42. The normalized spacial score (nSPS) is 28.0. The fourth-order valence-electron chi connectivity index (χ4n) is 7.00. The molecule has 0 aromatic heterocycles. The number of hydrogen-bond acceptors (Lipinski definition) is 3. The van der Waals surface area contributed by atoms with Crippen molar-refractivity contribution >= 4 is 27.3 Å². The summed E-state index contributed by atoms with van der Waals surface area (Å²) < 4.78 is 26.3. The standard InChI is InChI=1S/C27H34N2O3S/c1-18-4-7-24(10-19(18)2)28-26(30)17-29(33(3,31)32)25-8-5-23(6-9-25)27-14-20-11-21(15-27)13-22(12-20)16-27/h4-10,20-22H,11-17H2,1-3H3,(H,28,30). The highest BCUT2D eigenvalue weighted by Crippen LogP contribution is 2.60. The lowest BCUT2D eigenvalue weighted by atomic mass is 9.48. The Bertz CT molecular complexity index is 1140. The SMILES string of the molecule is Cc1ccc(NC(=O)CN(c2ccc(C34CC5CC(CC(C5)C3)C4)cc2)S(C)(=O)=O)cc1C. The molecule has 33 heavy (non-hydrogen) atoms. The minimum atomic E-state index is -3.61. The number of carbonyl (C=O) groups is 1. The fraction of sp³-hybridized carbons (Fsp3) is 0.519. The average molecular weight is 467 g/mol. The van der Waals surface area contributed by atoms with E-state index >= 15 is 0 Å². The minimum Gasteiger partial charge on any atom is -0.325 e. The van der Waals surface area contributed by atoms with E-state index in [-0.39, 0.29) is 17.9 Å². The summed E-state index contributed by atoms with van der Waals surface area (Å²) in [5.74, 6) is 2.22. The van der Waals surface area contributed by atoms with Crippen LogP contribution in [0.4, 0.5) is 11.4 Å². The first-order valence-corrected chi connectivity index (χ1v) is 13.9. The van der Waals surface area contributed by atoms with Gasteiger partial charge in [0.1, 0.15) is 6.54 Å². The molecule has 0 spiro atoms. The smallest absolute Gasteiger partial charge is 0.245 e. The van der Waals surface area contributed by atoms with Crippen molar-refractivity contribution in [2.75, 3.05) is 22.4 Å². The van der Waals surface area contributed by atoms with Crippen LogP contribution in [0.1, 0.15) is 55.2 Å². The molecular weight excluding hydrogens is 432 g/mol. The number of benzene rings is 2. The zero-order valence-corrected chi connectivity index (χ0v) is 20.6. The molecule has 4 saturated carbocycles. The quantitative estimate of drug-likeness (QED) is 0.638. The van der Waals surface area contributed by atoms with Crippen LogP contribution in [-0.4, -0.2) is 27.1 Å². The van der Waals surface area contributed by atoms with Crippen molar-refractivity contribution in [1.29, 1.82) is 0 Å². The van der Waals surface area contributed by atoms with Gasteiger partial charge in [-0.1, -0.05) is 18.2 Å². The molecule has 4 aliphatic carbocycles. The van der Waals surface area contributed by atoms with Gasteiger partial charge >= 0.3 is 0 Å². The number of nitrogens with one attached hydrogen (secondary N) is 1. The molecule has 176 valence electrons. The molecule has 0 heterocycles. The molecule has 4 bridgehead atoms. The van der Waals surface area contributed by atoms with Gasteiger partial charge in [0.25, 0.3) is 0 Å². The Morgan fingerprint density at radius 3 is 2.03 bits per heavy atom. The number of sulfonamides is 1. The maximum Gasteiger partial charge on any atom is 0.245 e. The van der Waals surface area contributed by atoms with E-state index < -0.39 is 10.0 Å². The number of carbonyl (C=O) groups excluding carboxylic acids is 1. The molecule has 2 aromatic rings. The summed E-state index contributed by atoms with van der Waals surface area (Å²) >= 11 is 0. The monoisotopic (exact) mass is 466 g/mol. The number of amides is 1. The van der Waals surface area contributed by atoms with Crippen molar-refractivity contribution < 1.29 is 13.2 Å². The molecule has 1 amide bonds. The van der Waals surface area contributed by atoms with E-state index in [0.29, 0.717) is 11.4 Å². The van der Waals surface area contributed by atoms with Gasteiger partial charge < -0.3 is 5.32 Å². The van der Waals surface area contributed by atoms with E-state index in [1.54, 1.807) is 0 Å². The maximum absolute atomic E-state index is 12.7. The van der Waals surface area contributed by atoms with Gasteiger partial charge in [0.05, 0.1) is 11.9 Å². The third-order valence-corrected chi connectivity index (χ3v) is 9.42. The zero-order valence-electron chi connectivity index (χ0n) is 19.8. The summed E-state index contributed by atoms with van der Waals surface area (Å²) in [5.41, 5.74) is 5.05. The molecule has 6 rings (SSSR count). The summed E-state index contributed by atoms with van der Waals surface area (Å²) in [6, 6.07) is 13.7. The first-order chi connectivity index (χ1) is 15.6. The second-order valence-electron chi connectivity index (χ2n) is 10.9. The highest BCUT2D eigenvalue weighted by molar-refractivity contribution is 7.92. The molecule has 6 heteroatoms. The van der Waals surface area contributed by atoms with Crippen LogP contribution in [0.5, 0.6) is 0 Å². The van der Waals surface area contributed by atoms with E-state index in [2.05, 4.69) is 17.4 Å². The summed E-state index contributed by atoms with van der Waals surface area (Å²) in [5, 5.41) is 2.84. The molecule has 0 unspecified atom stereocenters. The second-order valence-corrected chi connectivity index (χ2v) is 12.8. The largest absolute Gasteiger partial charge is 0.325 e. The topological polar surface area (TPSA) is 66.5 Å². The Labute approximate surface area is 197 Å². The van der Waals surface area contributed by atoms with Crippen molar-refractivity contribution in [2.24, 2.45) is 17.8 Å². The number of hydrogen-bond donors (Lipinski definition) is 1. The zero-order chi connectivity index (χ0) is 23.4. The second kappa shape index (κ2) is 8.15. The van der Waals surface area contributed by atoms with Gasteiger partial charge in [-0.3, -0.25) is 9.10 Å². The maximum atomic E-state index is 12.7. The fourth-order valence-corrected chi connectivity index (χ4v) is 7.85. The number of aryl methyl sites for hydroxylation is 2. The van der Waals surface area contributed by atoms with Crippen LogP contribution < -0.4 is 9.62 Å². The molecule has 4 aliphatic rings. The Morgan fingerprint density at radius 2 is 1.52 bits per heavy atom. The predicted molar refractivity (Wildman–Crippen MR) is 133 cm³/mol. The molecular formula is C27H34N2O3S. The Kier molecular flexibility index (Phi) is 5.55. The van der Waals surface area contributed by atoms with Crippen LogP contribution in [-0.2, 0) is 20.2 Å². The van der Waals surface area contributed by atoms with Gasteiger partial charge in [0.15, 0.2) is 0 Å². The van der Waals surface area contributed by atoms with Gasteiger partial charge in [0, 0.05) is 5.69 Å². The van der Waals surface area contributed by atoms with Crippen molar-refractivity contribution in [3.8, 4) is 0 Å². The summed E-state index contributed by atoms with van der Waals surface area (Å²) in [7, 11) is -3.61.